The Labute approximate surface area is 119 Å². The molecule has 2 unspecified atom stereocenters. The molecule has 1 aromatic rings. The second-order valence-corrected chi connectivity index (χ2v) is 7.19. The second kappa shape index (κ2) is 5.79. The van der Waals surface area contributed by atoms with E-state index in [2.05, 4.69) is 11.6 Å². The number of halogens is 1. The van der Waals surface area contributed by atoms with Crippen LogP contribution in [0.25, 0.3) is 0 Å². The largest absolute Gasteiger partial charge is 0.326 e. The van der Waals surface area contributed by atoms with Gasteiger partial charge in [-0.3, -0.25) is 0 Å². The molecule has 1 fully saturated rings. The van der Waals surface area contributed by atoms with Crippen LogP contribution in [-0.2, 0) is 16.6 Å². The average molecular weight is 303 g/mol. The highest BCUT2D eigenvalue weighted by Crippen LogP contribution is 2.28. The minimum absolute atomic E-state index is 0.00241. The number of nitrogens with two attached hydrogens (primary N) is 1. The third kappa shape index (κ3) is 3.28. The molecule has 1 aromatic carbocycles. The van der Waals surface area contributed by atoms with E-state index in [4.69, 9.17) is 17.3 Å². The second-order valence-electron chi connectivity index (χ2n) is 5.10. The van der Waals surface area contributed by atoms with Crippen molar-refractivity contribution in [1.82, 2.24) is 4.72 Å². The maximum absolute atomic E-state index is 12.4. The van der Waals surface area contributed by atoms with Crippen molar-refractivity contribution in [3.63, 3.8) is 0 Å². The molecule has 0 bridgehead atoms. The lowest BCUT2D eigenvalue weighted by molar-refractivity contribution is 0.476. The van der Waals surface area contributed by atoms with E-state index >= 15 is 0 Å². The summed E-state index contributed by atoms with van der Waals surface area (Å²) in [7, 11) is -3.58. The molecule has 1 saturated carbocycles. The Morgan fingerprint density at radius 3 is 2.74 bits per heavy atom. The first kappa shape index (κ1) is 14.8. The Kier molecular flexibility index (Phi) is 4.50. The molecule has 0 spiro atoms. The first-order valence-electron chi connectivity index (χ1n) is 6.45. The Morgan fingerprint density at radius 2 is 2.16 bits per heavy atom. The SMILES string of the molecule is CC1CCCC1NS(=O)(=O)c1cc(CN)ccc1Cl. The Bertz CT molecular complexity index is 560. The highest BCUT2D eigenvalue weighted by Gasteiger charge is 2.29. The number of hydrogen-bond acceptors (Lipinski definition) is 3. The van der Waals surface area contributed by atoms with Gasteiger partial charge in [-0.2, -0.15) is 0 Å². The first-order valence-corrected chi connectivity index (χ1v) is 8.31. The predicted octanol–water partition coefficient (Wildman–Crippen LogP) is 2.27. The summed E-state index contributed by atoms with van der Waals surface area (Å²) < 4.78 is 27.5. The van der Waals surface area contributed by atoms with Gasteiger partial charge >= 0.3 is 0 Å². The highest BCUT2D eigenvalue weighted by atomic mass is 35.5. The van der Waals surface area contributed by atoms with E-state index in [1.54, 1.807) is 18.2 Å². The molecule has 6 heteroatoms. The minimum atomic E-state index is -3.58. The van der Waals surface area contributed by atoms with Gasteiger partial charge in [-0.05, 0) is 36.5 Å². The molecular formula is C13H19ClN2O2S. The fourth-order valence-corrected chi connectivity index (χ4v) is 4.39. The van der Waals surface area contributed by atoms with Crippen LogP contribution < -0.4 is 10.5 Å². The topological polar surface area (TPSA) is 72.2 Å². The van der Waals surface area contributed by atoms with Crippen LogP contribution in [0.15, 0.2) is 23.1 Å². The molecule has 2 rings (SSSR count). The normalized spacial score (nSPS) is 23.7. The van der Waals surface area contributed by atoms with Gasteiger partial charge in [-0.1, -0.05) is 31.0 Å². The lowest BCUT2D eigenvalue weighted by Gasteiger charge is -2.18. The van der Waals surface area contributed by atoms with Crippen molar-refractivity contribution >= 4 is 21.6 Å². The molecule has 1 aliphatic carbocycles. The van der Waals surface area contributed by atoms with Gasteiger partial charge < -0.3 is 5.73 Å². The quantitative estimate of drug-likeness (QED) is 0.896. The van der Waals surface area contributed by atoms with Crippen LogP contribution in [0.2, 0.25) is 5.02 Å². The number of nitrogens with one attached hydrogen (secondary N) is 1. The summed E-state index contributed by atoms with van der Waals surface area (Å²) in [6.07, 6.45) is 3.00. The lowest BCUT2D eigenvalue weighted by Crippen LogP contribution is -2.36. The molecule has 2 atom stereocenters. The van der Waals surface area contributed by atoms with Crippen molar-refractivity contribution in [2.45, 2.75) is 43.7 Å². The van der Waals surface area contributed by atoms with E-state index in [0.29, 0.717) is 12.5 Å². The fourth-order valence-electron chi connectivity index (χ4n) is 2.46. The molecule has 19 heavy (non-hydrogen) atoms. The molecule has 0 aromatic heterocycles. The molecule has 0 saturated heterocycles. The predicted molar refractivity (Wildman–Crippen MR) is 76.5 cm³/mol. The smallest absolute Gasteiger partial charge is 0.242 e. The lowest BCUT2D eigenvalue weighted by atomic mass is 10.1. The van der Waals surface area contributed by atoms with Crippen LogP contribution in [-0.4, -0.2) is 14.5 Å². The van der Waals surface area contributed by atoms with Crippen molar-refractivity contribution < 1.29 is 8.42 Å². The van der Waals surface area contributed by atoms with Gasteiger partial charge in [0.1, 0.15) is 4.90 Å². The number of benzene rings is 1. The third-order valence-electron chi connectivity index (χ3n) is 3.69. The van der Waals surface area contributed by atoms with Crippen LogP contribution >= 0.6 is 11.6 Å². The standard InChI is InChI=1S/C13H19ClN2O2S/c1-9-3-2-4-12(9)16-19(17,18)13-7-10(8-15)5-6-11(13)14/h5-7,9,12,16H,2-4,8,15H2,1H3. The summed E-state index contributed by atoms with van der Waals surface area (Å²) in [5, 5.41) is 0.232. The zero-order chi connectivity index (χ0) is 14.0. The molecule has 4 nitrogen and oxygen atoms in total. The van der Waals surface area contributed by atoms with E-state index in [1.165, 1.54) is 0 Å². The van der Waals surface area contributed by atoms with Crippen LogP contribution in [0.4, 0.5) is 0 Å². The monoisotopic (exact) mass is 302 g/mol. The summed E-state index contributed by atoms with van der Waals surface area (Å²) in [6, 6.07) is 4.86. The maximum atomic E-state index is 12.4. The van der Waals surface area contributed by atoms with E-state index in [1.807, 2.05) is 0 Å². The van der Waals surface area contributed by atoms with Gasteiger partial charge in [-0.15, -0.1) is 0 Å². The summed E-state index contributed by atoms with van der Waals surface area (Å²) in [6.45, 7) is 2.36. The number of sulfonamides is 1. The highest BCUT2D eigenvalue weighted by molar-refractivity contribution is 7.89. The van der Waals surface area contributed by atoms with Gasteiger partial charge in [0, 0.05) is 12.6 Å². The molecule has 106 valence electrons. The fraction of sp³-hybridized carbons (Fsp3) is 0.538. The Hall–Kier alpha value is -0.620. The molecule has 0 heterocycles. The van der Waals surface area contributed by atoms with Gasteiger partial charge in [0.15, 0.2) is 0 Å². The van der Waals surface area contributed by atoms with E-state index in [-0.39, 0.29) is 16.0 Å². The third-order valence-corrected chi connectivity index (χ3v) is 5.66. The molecule has 0 amide bonds. The van der Waals surface area contributed by atoms with Gasteiger partial charge in [0.25, 0.3) is 0 Å². The Morgan fingerprint density at radius 1 is 1.42 bits per heavy atom. The maximum Gasteiger partial charge on any atom is 0.242 e. The van der Waals surface area contributed by atoms with E-state index in [9.17, 15) is 8.42 Å². The van der Waals surface area contributed by atoms with Gasteiger partial charge in [-0.25, -0.2) is 13.1 Å². The van der Waals surface area contributed by atoms with Gasteiger partial charge in [0.2, 0.25) is 10.0 Å². The van der Waals surface area contributed by atoms with Crippen LogP contribution in [0, 0.1) is 5.92 Å². The van der Waals surface area contributed by atoms with Crippen LogP contribution in [0.3, 0.4) is 0 Å². The molecule has 1 aliphatic rings. The molecule has 0 radical (unpaired) electrons. The average Bonchev–Trinajstić information content (AvgIpc) is 2.75. The molecule has 0 aliphatic heterocycles. The van der Waals surface area contributed by atoms with Crippen molar-refractivity contribution in [2.75, 3.05) is 0 Å². The van der Waals surface area contributed by atoms with Crippen molar-refractivity contribution in [1.29, 1.82) is 0 Å². The molecule has 3 N–H and O–H groups in total. The number of rotatable bonds is 4. The van der Waals surface area contributed by atoms with Crippen molar-refractivity contribution in [2.24, 2.45) is 11.7 Å². The Balaban J connectivity index is 2.28. The zero-order valence-corrected chi connectivity index (χ0v) is 12.5. The van der Waals surface area contributed by atoms with Gasteiger partial charge in [0.05, 0.1) is 5.02 Å². The first-order chi connectivity index (χ1) is 8.94. The summed E-state index contributed by atoms with van der Waals surface area (Å²) in [5.41, 5.74) is 6.29. The number of hydrogen-bond donors (Lipinski definition) is 2. The minimum Gasteiger partial charge on any atom is -0.326 e. The van der Waals surface area contributed by atoms with Crippen molar-refractivity contribution in [3.05, 3.63) is 28.8 Å². The van der Waals surface area contributed by atoms with Crippen LogP contribution in [0.5, 0.6) is 0 Å². The zero-order valence-electron chi connectivity index (χ0n) is 10.9. The summed E-state index contributed by atoms with van der Waals surface area (Å²) >= 11 is 6.00. The van der Waals surface area contributed by atoms with Crippen molar-refractivity contribution in [3.8, 4) is 0 Å². The van der Waals surface area contributed by atoms with Crippen LogP contribution in [0.1, 0.15) is 31.7 Å². The van der Waals surface area contributed by atoms with E-state index in [0.717, 1.165) is 24.8 Å². The van der Waals surface area contributed by atoms with E-state index < -0.39 is 10.0 Å². The summed E-state index contributed by atoms with van der Waals surface area (Å²) in [5.74, 6) is 0.367. The summed E-state index contributed by atoms with van der Waals surface area (Å²) in [4.78, 5) is 0.121. The molecular weight excluding hydrogens is 284 g/mol.